The highest BCUT2D eigenvalue weighted by atomic mass is 15.0. The summed E-state index contributed by atoms with van der Waals surface area (Å²) < 4.78 is 0. The van der Waals surface area contributed by atoms with Gasteiger partial charge >= 0.3 is 0 Å². The van der Waals surface area contributed by atoms with Crippen molar-refractivity contribution in [1.82, 2.24) is 15.0 Å². The third-order valence-corrected chi connectivity index (χ3v) is 9.60. The minimum atomic E-state index is 0.361. The molecule has 0 aliphatic heterocycles. The van der Waals surface area contributed by atoms with Crippen molar-refractivity contribution in [3.8, 4) is 45.3 Å². The van der Waals surface area contributed by atoms with E-state index in [1.54, 1.807) is 0 Å². The highest BCUT2D eigenvalue weighted by molar-refractivity contribution is 5.98. The molecule has 0 spiro atoms. The van der Waals surface area contributed by atoms with Crippen LogP contribution in [0.1, 0.15) is 16.7 Å². The van der Waals surface area contributed by atoms with Gasteiger partial charge in [-0.3, -0.25) is 0 Å². The number of nitrogens with zero attached hydrogens (tertiary/aromatic N) is 3. The lowest BCUT2D eigenvalue weighted by Crippen LogP contribution is -2.20. The fraction of sp³-hybridized carbons (Fsp3) is 0.0682. The Balaban J connectivity index is 1.13. The molecule has 0 saturated heterocycles. The van der Waals surface area contributed by atoms with Crippen molar-refractivity contribution < 1.29 is 0 Å². The molecule has 0 radical (unpaired) electrons. The SMILES string of the molecule is C1=CC2C(c3ccccc3)=CC3=C(Cc4cccc(-c5ccc(-c6nc(-c7ccccc7)nc(-c7ccccc7)n6)cc5)c43)[C@H]2C=C1. The number of fused-ring (bicyclic) bond motifs is 4. The van der Waals surface area contributed by atoms with Crippen LogP contribution in [-0.2, 0) is 6.42 Å². The molecule has 222 valence electrons. The van der Waals surface area contributed by atoms with Crippen LogP contribution >= 0.6 is 0 Å². The molecule has 3 heteroatoms. The molecule has 3 nitrogen and oxygen atoms in total. The first-order valence-corrected chi connectivity index (χ1v) is 16.3. The summed E-state index contributed by atoms with van der Waals surface area (Å²) in [5.74, 6) is 2.74. The first-order chi connectivity index (χ1) is 23.3. The first-order valence-electron chi connectivity index (χ1n) is 16.3. The van der Waals surface area contributed by atoms with E-state index < -0.39 is 0 Å². The Morgan fingerprint density at radius 2 is 0.957 bits per heavy atom. The summed E-state index contributed by atoms with van der Waals surface area (Å²) in [5.41, 5.74) is 13.7. The van der Waals surface area contributed by atoms with E-state index in [4.69, 9.17) is 15.0 Å². The van der Waals surface area contributed by atoms with Crippen LogP contribution in [-0.4, -0.2) is 15.0 Å². The maximum atomic E-state index is 4.94. The number of hydrogen-bond donors (Lipinski definition) is 0. The summed E-state index contributed by atoms with van der Waals surface area (Å²) in [5, 5.41) is 0. The zero-order valence-electron chi connectivity index (χ0n) is 25.8. The summed E-state index contributed by atoms with van der Waals surface area (Å²) in [6.07, 6.45) is 12.7. The van der Waals surface area contributed by atoms with Crippen LogP contribution in [0.5, 0.6) is 0 Å². The van der Waals surface area contributed by atoms with Gasteiger partial charge in [-0.1, -0.05) is 163 Å². The Hall–Kier alpha value is -5.93. The Kier molecular flexibility index (Phi) is 6.68. The Bertz CT molecular complexity index is 2190. The van der Waals surface area contributed by atoms with E-state index in [0.717, 1.165) is 23.1 Å². The van der Waals surface area contributed by atoms with E-state index in [2.05, 4.69) is 103 Å². The molecule has 5 aromatic carbocycles. The summed E-state index contributed by atoms with van der Waals surface area (Å²) in [7, 11) is 0. The molecule has 47 heavy (non-hydrogen) atoms. The van der Waals surface area contributed by atoms with Crippen molar-refractivity contribution >= 4 is 11.1 Å². The van der Waals surface area contributed by atoms with Crippen LogP contribution in [0.15, 0.2) is 169 Å². The molecular weight excluding hydrogens is 571 g/mol. The van der Waals surface area contributed by atoms with Crippen molar-refractivity contribution in [2.75, 3.05) is 0 Å². The number of aromatic nitrogens is 3. The number of allylic oxidation sites excluding steroid dienone is 8. The third-order valence-electron chi connectivity index (χ3n) is 9.60. The molecule has 3 aliphatic carbocycles. The first kappa shape index (κ1) is 27.4. The molecule has 1 heterocycles. The zero-order valence-corrected chi connectivity index (χ0v) is 25.8. The second-order valence-electron chi connectivity index (χ2n) is 12.4. The van der Waals surface area contributed by atoms with Gasteiger partial charge in [0.25, 0.3) is 0 Å². The van der Waals surface area contributed by atoms with E-state index in [9.17, 15) is 0 Å². The van der Waals surface area contributed by atoms with Crippen molar-refractivity contribution in [1.29, 1.82) is 0 Å². The van der Waals surface area contributed by atoms with Crippen LogP contribution in [0.3, 0.4) is 0 Å². The van der Waals surface area contributed by atoms with Gasteiger partial charge in [0.1, 0.15) is 0 Å². The van der Waals surface area contributed by atoms with Gasteiger partial charge in [-0.15, -0.1) is 0 Å². The minimum absolute atomic E-state index is 0.361. The van der Waals surface area contributed by atoms with Crippen molar-refractivity contribution in [3.63, 3.8) is 0 Å². The molecule has 1 aromatic heterocycles. The zero-order chi connectivity index (χ0) is 31.2. The van der Waals surface area contributed by atoms with E-state index in [0.29, 0.717) is 29.3 Å². The molecule has 0 saturated carbocycles. The molecule has 2 atom stereocenters. The van der Waals surface area contributed by atoms with Gasteiger partial charge in [0.2, 0.25) is 0 Å². The molecule has 0 N–H and O–H groups in total. The van der Waals surface area contributed by atoms with Gasteiger partial charge < -0.3 is 0 Å². The summed E-state index contributed by atoms with van der Waals surface area (Å²) in [6, 6.07) is 46.6. The summed E-state index contributed by atoms with van der Waals surface area (Å²) in [4.78, 5) is 14.7. The van der Waals surface area contributed by atoms with E-state index >= 15 is 0 Å². The highest BCUT2D eigenvalue weighted by Gasteiger charge is 2.36. The number of rotatable bonds is 5. The van der Waals surface area contributed by atoms with Crippen molar-refractivity contribution in [3.05, 3.63) is 186 Å². The molecule has 6 aromatic rings. The van der Waals surface area contributed by atoms with Crippen molar-refractivity contribution in [2.45, 2.75) is 6.42 Å². The van der Waals surface area contributed by atoms with Crippen LogP contribution in [0, 0.1) is 11.8 Å². The van der Waals surface area contributed by atoms with Gasteiger partial charge in [-0.25, -0.2) is 15.0 Å². The third kappa shape index (κ3) is 4.88. The molecule has 1 unspecified atom stereocenters. The van der Waals surface area contributed by atoms with Gasteiger partial charge in [0.05, 0.1) is 0 Å². The van der Waals surface area contributed by atoms with Crippen LogP contribution in [0.4, 0.5) is 0 Å². The second kappa shape index (κ2) is 11.5. The average molecular weight is 602 g/mol. The van der Waals surface area contributed by atoms with E-state index in [1.807, 2.05) is 60.7 Å². The molecule has 9 rings (SSSR count). The fourth-order valence-electron chi connectivity index (χ4n) is 7.36. The van der Waals surface area contributed by atoms with E-state index in [-0.39, 0.29) is 0 Å². The van der Waals surface area contributed by atoms with Crippen LogP contribution < -0.4 is 0 Å². The van der Waals surface area contributed by atoms with Crippen LogP contribution in [0.2, 0.25) is 0 Å². The van der Waals surface area contributed by atoms with E-state index in [1.165, 1.54) is 44.5 Å². The van der Waals surface area contributed by atoms with Crippen molar-refractivity contribution in [2.24, 2.45) is 11.8 Å². The smallest absolute Gasteiger partial charge is 0.164 e. The van der Waals surface area contributed by atoms with Crippen LogP contribution in [0.25, 0.3) is 56.4 Å². The topological polar surface area (TPSA) is 38.7 Å². The monoisotopic (exact) mass is 601 g/mol. The highest BCUT2D eigenvalue weighted by Crippen LogP contribution is 2.52. The largest absolute Gasteiger partial charge is 0.208 e. The number of benzene rings is 5. The second-order valence-corrected chi connectivity index (χ2v) is 12.4. The minimum Gasteiger partial charge on any atom is -0.208 e. The normalized spacial score (nSPS) is 17.6. The Morgan fingerprint density at radius 3 is 1.55 bits per heavy atom. The van der Waals surface area contributed by atoms with Gasteiger partial charge in [0.15, 0.2) is 17.5 Å². The predicted molar refractivity (Wildman–Crippen MR) is 192 cm³/mol. The maximum absolute atomic E-state index is 4.94. The molecular formula is C44H31N3. The lowest BCUT2D eigenvalue weighted by Gasteiger charge is -2.33. The molecule has 0 bridgehead atoms. The predicted octanol–water partition coefficient (Wildman–Crippen LogP) is 10.3. The Labute approximate surface area is 275 Å². The maximum Gasteiger partial charge on any atom is 0.164 e. The Morgan fingerprint density at radius 1 is 0.447 bits per heavy atom. The molecule has 0 amide bonds. The molecule has 3 aliphatic rings. The van der Waals surface area contributed by atoms with Gasteiger partial charge in [-0.2, -0.15) is 0 Å². The summed E-state index contributed by atoms with van der Waals surface area (Å²) in [6.45, 7) is 0. The average Bonchev–Trinajstić information content (AvgIpc) is 3.55. The lowest BCUT2D eigenvalue weighted by atomic mass is 9.71. The quantitative estimate of drug-likeness (QED) is 0.197. The van der Waals surface area contributed by atoms with Gasteiger partial charge in [0, 0.05) is 28.5 Å². The van der Waals surface area contributed by atoms with Gasteiger partial charge in [-0.05, 0) is 51.5 Å². The standard InChI is InChI=1S/C44H31N3/c1-4-13-29(14-5-1)38-28-40-39(37-21-11-10-20-36(37)38)27-34-19-12-22-35(41(34)40)30-23-25-33(26-24-30)44-46-42(31-15-6-2-7-16-31)45-43(47-44)32-17-8-3-9-18-32/h1-26,28,36-37H,27H2/t36?,37-/m0/s1. The lowest BCUT2D eigenvalue weighted by molar-refractivity contribution is 0.633. The molecule has 0 fully saturated rings. The fourth-order valence-corrected chi connectivity index (χ4v) is 7.36. The number of hydrogen-bond acceptors (Lipinski definition) is 3. The summed E-state index contributed by atoms with van der Waals surface area (Å²) >= 11 is 0.